The Hall–Kier alpha value is -4.65. The van der Waals surface area contributed by atoms with Crippen molar-refractivity contribution in [2.24, 2.45) is 0 Å². The van der Waals surface area contributed by atoms with Gasteiger partial charge in [-0.25, -0.2) is 8.42 Å². The molecule has 0 saturated heterocycles. The van der Waals surface area contributed by atoms with Gasteiger partial charge in [-0.15, -0.1) is 0 Å². The minimum Gasteiger partial charge on any atom is -0.497 e. The van der Waals surface area contributed by atoms with E-state index in [1.807, 2.05) is 37.3 Å². The number of nitro groups is 1. The number of anilines is 1. The lowest BCUT2D eigenvalue weighted by Gasteiger charge is -2.34. The van der Waals surface area contributed by atoms with Gasteiger partial charge in [0.05, 0.1) is 22.6 Å². The highest BCUT2D eigenvalue weighted by Crippen LogP contribution is 2.31. The van der Waals surface area contributed by atoms with Crippen molar-refractivity contribution in [2.45, 2.75) is 50.6 Å². The molecule has 0 aromatic heterocycles. The third kappa shape index (κ3) is 9.32. The van der Waals surface area contributed by atoms with Crippen LogP contribution in [0.4, 0.5) is 11.4 Å². The van der Waals surface area contributed by atoms with Crippen LogP contribution >= 0.6 is 23.2 Å². The first kappa shape index (κ1) is 38.2. The van der Waals surface area contributed by atoms with E-state index in [0.29, 0.717) is 24.3 Å². The number of aryl methyl sites for hydroxylation is 1. The Bertz CT molecular complexity index is 1910. The van der Waals surface area contributed by atoms with Crippen LogP contribution in [0.5, 0.6) is 5.75 Å². The number of carbonyl (C=O) groups excluding carboxylic acids is 2. The molecule has 264 valence electrons. The van der Waals surface area contributed by atoms with E-state index in [2.05, 4.69) is 5.32 Å². The molecule has 0 bridgehead atoms. The highest BCUT2D eigenvalue weighted by molar-refractivity contribution is 7.92. The van der Waals surface area contributed by atoms with Gasteiger partial charge < -0.3 is 15.0 Å². The average molecular weight is 742 g/mol. The van der Waals surface area contributed by atoms with Crippen LogP contribution in [-0.4, -0.2) is 56.3 Å². The van der Waals surface area contributed by atoms with Crippen molar-refractivity contribution < 1.29 is 27.7 Å². The quantitative estimate of drug-likeness (QED) is 0.0744. The number of nitrogens with zero attached hydrogens (tertiary/aromatic N) is 3. The lowest BCUT2D eigenvalue weighted by atomic mass is 10.0. The Kier molecular flexibility index (Phi) is 13.2. The number of amides is 2. The van der Waals surface area contributed by atoms with Gasteiger partial charge in [0.15, 0.2) is 0 Å². The van der Waals surface area contributed by atoms with E-state index >= 15 is 0 Å². The lowest BCUT2D eigenvalue weighted by molar-refractivity contribution is -0.385. The molecule has 0 aliphatic rings. The molecule has 14 heteroatoms. The fourth-order valence-electron chi connectivity index (χ4n) is 5.26. The fraction of sp³-hybridized carbons (Fsp3) is 0.278. The fourth-order valence-corrected chi connectivity index (χ4v) is 7.22. The Balaban J connectivity index is 1.86. The number of rotatable bonds is 16. The Morgan fingerprint density at radius 1 is 0.960 bits per heavy atom. The summed E-state index contributed by atoms with van der Waals surface area (Å²) in [5.41, 5.74) is 1.09. The molecule has 0 aliphatic carbocycles. The summed E-state index contributed by atoms with van der Waals surface area (Å²) in [6, 6.07) is 22.4. The molecule has 1 unspecified atom stereocenters. The molecule has 1 N–H and O–H groups in total. The summed E-state index contributed by atoms with van der Waals surface area (Å²) < 4.78 is 34.8. The first-order valence-corrected chi connectivity index (χ1v) is 18.0. The van der Waals surface area contributed by atoms with Crippen LogP contribution in [0.1, 0.15) is 36.5 Å². The first-order valence-electron chi connectivity index (χ1n) is 15.8. The zero-order valence-corrected chi connectivity index (χ0v) is 30.2. The van der Waals surface area contributed by atoms with Crippen molar-refractivity contribution in [3.8, 4) is 5.75 Å². The highest BCUT2D eigenvalue weighted by Gasteiger charge is 2.36. The molecule has 0 fully saturated rings. The number of hydrogen-bond acceptors (Lipinski definition) is 7. The number of unbranched alkanes of at least 4 members (excludes halogenated alkanes) is 1. The summed E-state index contributed by atoms with van der Waals surface area (Å²) in [5.74, 6) is -0.745. The summed E-state index contributed by atoms with van der Waals surface area (Å²) in [6.07, 6.45) is 1.64. The maximum Gasteiger partial charge on any atom is 0.273 e. The van der Waals surface area contributed by atoms with E-state index in [0.717, 1.165) is 22.4 Å². The number of ether oxygens (including phenoxy) is 1. The van der Waals surface area contributed by atoms with Gasteiger partial charge in [-0.3, -0.25) is 24.0 Å². The summed E-state index contributed by atoms with van der Waals surface area (Å²) in [6.45, 7) is 2.86. The second-order valence-corrected chi connectivity index (χ2v) is 14.2. The Morgan fingerprint density at radius 3 is 2.22 bits per heavy atom. The molecule has 11 nitrogen and oxygen atoms in total. The van der Waals surface area contributed by atoms with Crippen molar-refractivity contribution in [1.29, 1.82) is 0 Å². The van der Waals surface area contributed by atoms with Crippen LogP contribution in [0, 0.1) is 17.0 Å². The molecule has 50 heavy (non-hydrogen) atoms. The molecule has 0 spiro atoms. The SMILES string of the molecule is CCCCNC(=O)C(Cc1ccccc1)N(Cc1c(Cl)cccc1Cl)C(=O)CN(c1ccc(OC)cc1)S(=O)(=O)c1ccc(C)c([N+](=O)[O-])c1. The molecule has 0 aliphatic heterocycles. The van der Waals surface area contributed by atoms with Gasteiger partial charge in [-0.2, -0.15) is 0 Å². The van der Waals surface area contributed by atoms with Gasteiger partial charge in [-0.1, -0.05) is 79.0 Å². The van der Waals surface area contributed by atoms with E-state index in [9.17, 15) is 28.1 Å². The Morgan fingerprint density at radius 2 is 1.62 bits per heavy atom. The van der Waals surface area contributed by atoms with Gasteiger partial charge in [0.25, 0.3) is 15.7 Å². The van der Waals surface area contributed by atoms with Crippen LogP contribution in [0.2, 0.25) is 10.0 Å². The second kappa shape index (κ2) is 17.3. The van der Waals surface area contributed by atoms with E-state index in [-0.39, 0.29) is 34.3 Å². The number of benzene rings is 4. The van der Waals surface area contributed by atoms with Crippen molar-refractivity contribution in [3.05, 3.63) is 128 Å². The predicted octanol–water partition coefficient (Wildman–Crippen LogP) is 6.97. The molecule has 4 rings (SSSR count). The van der Waals surface area contributed by atoms with Gasteiger partial charge in [0.1, 0.15) is 18.3 Å². The molecular formula is C36H38Cl2N4O7S. The summed E-state index contributed by atoms with van der Waals surface area (Å²) >= 11 is 13.1. The number of hydrogen-bond donors (Lipinski definition) is 1. The van der Waals surface area contributed by atoms with Gasteiger partial charge in [0.2, 0.25) is 11.8 Å². The molecule has 0 saturated carbocycles. The first-order chi connectivity index (χ1) is 23.9. The zero-order chi connectivity index (χ0) is 36.4. The zero-order valence-electron chi connectivity index (χ0n) is 27.8. The maximum absolute atomic E-state index is 14.7. The summed E-state index contributed by atoms with van der Waals surface area (Å²) in [5, 5.41) is 15.2. The number of sulfonamides is 1. The molecule has 0 heterocycles. The number of nitrogens with one attached hydrogen (secondary N) is 1. The van der Waals surface area contributed by atoms with Crippen LogP contribution in [0.3, 0.4) is 0 Å². The summed E-state index contributed by atoms with van der Waals surface area (Å²) in [4.78, 5) is 40.6. The van der Waals surface area contributed by atoms with E-state index in [1.54, 1.807) is 18.2 Å². The van der Waals surface area contributed by atoms with Gasteiger partial charge in [0, 0.05) is 46.7 Å². The van der Waals surface area contributed by atoms with Gasteiger partial charge >= 0.3 is 0 Å². The topological polar surface area (TPSA) is 139 Å². The summed E-state index contributed by atoms with van der Waals surface area (Å²) in [7, 11) is -3.15. The molecule has 4 aromatic carbocycles. The second-order valence-electron chi connectivity index (χ2n) is 11.5. The van der Waals surface area contributed by atoms with Gasteiger partial charge in [-0.05, 0) is 61.4 Å². The van der Waals surface area contributed by atoms with E-state index in [1.165, 1.54) is 55.3 Å². The Labute approximate surface area is 302 Å². The van der Waals surface area contributed by atoms with Crippen molar-refractivity contribution in [1.82, 2.24) is 10.2 Å². The number of nitro benzene ring substituents is 1. The van der Waals surface area contributed by atoms with Crippen molar-refractivity contribution in [3.63, 3.8) is 0 Å². The average Bonchev–Trinajstić information content (AvgIpc) is 3.10. The molecule has 4 aromatic rings. The largest absolute Gasteiger partial charge is 0.497 e. The smallest absolute Gasteiger partial charge is 0.273 e. The lowest BCUT2D eigenvalue weighted by Crippen LogP contribution is -2.53. The third-order valence-electron chi connectivity index (χ3n) is 8.10. The van der Waals surface area contributed by atoms with Crippen LogP contribution in [-0.2, 0) is 32.6 Å². The van der Waals surface area contributed by atoms with Crippen molar-refractivity contribution in [2.75, 3.05) is 24.5 Å². The minimum absolute atomic E-state index is 0.0881. The van der Waals surface area contributed by atoms with Crippen LogP contribution < -0.4 is 14.4 Å². The monoisotopic (exact) mass is 740 g/mol. The molecule has 0 radical (unpaired) electrons. The van der Waals surface area contributed by atoms with E-state index in [4.69, 9.17) is 27.9 Å². The normalized spacial score (nSPS) is 11.8. The number of methoxy groups -OCH3 is 1. The van der Waals surface area contributed by atoms with E-state index < -0.39 is 49.9 Å². The van der Waals surface area contributed by atoms with Crippen LogP contribution in [0.25, 0.3) is 0 Å². The maximum atomic E-state index is 14.7. The number of halogens is 2. The highest BCUT2D eigenvalue weighted by atomic mass is 35.5. The van der Waals surface area contributed by atoms with Crippen molar-refractivity contribution >= 4 is 56.4 Å². The predicted molar refractivity (Wildman–Crippen MR) is 194 cm³/mol. The molecular weight excluding hydrogens is 703 g/mol. The standard InChI is InChI=1S/C36H38Cl2N4O7S/c1-4-5-20-39-36(44)34(21-26-10-7-6-8-11-26)40(23-30-31(37)12-9-13-32(30)38)35(43)24-41(27-15-17-28(49-3)18-16-27)50(47,48)29-19-14-25(2)33(22-29)42(45)46/h6-19,22,34H,4-5,20-21,23-24H2,1-3H3,(H,39,44). The molecule has 1 atom stereocenters. The number of carbonyl (C=O) groups is 2. The minimum atomic E-state index is -4.60. The van der Waals surface area contributed by atoms with Crippen LogP contribution in [0.15, 0.2) is 95.9 Å². The third-order valence-corrected chi connectivity index (χ3v) is 10.6. The molecule has 2 amide bonds.